The van der Waals surface area contributed by atoms with Gasteiger partial charge in [0.05, 0.1) is 0 Å². The fourth-order valence-electron chi connectivity index (χ4n) is 5.51. The molecular formula is C28H29N. The Balaban J connectivity index is 1.57. The second-order valence-corrected chi connectivity index (χ2v) is 9.07. The molecule has 0 saturated heterocycles. The molecule has 5 rings (SSSR count). The summed E-state index contributed by atoms with van der Waals surface area (Å²) in [7, 11) is 2.19. The van der Waals surface area contributed by atoms with E-state index in [1.54, 1.807) is 5.56 Å². The Kier molecular flexibility index (Phi) is 4.35. The van der Waals surface area contributed by atoms with Crippen molar-refractivity contribution < 1.29 is 0 Å². The molecule has 3 aromatic carbocycles. The van der Waals surface area contributed by atoms with Crippen molar-refractivity contribution in [3.8, 4) is 11.1 Å². The van der Waals surface area contributed by atoms with E-state index in [9.17, 15) is 0 Å². The van der Waals surface area contributed by atoms with Crippen LogP contribution in [0.25, 0.3) is 11.1 Å². The highest BCUT2D eigenvalue weighted by Crippen LogP contribution is 2.55. The molecule has 0 N–H and O–H groups in total. The van der Waals surface area contributed by atoms with Crippen molar-refractivity contribution in [2.75, 3.05) is 11.9 Å². The Hall–Kier alpha value is -2.80. The molecular weight excluding hydrogens is 350 g/mol. The van der Waals surface area contributed by atoms with Crippen molar-refractivity contribution in [3.63, 3.8) is 0 Å². The lowest BCUT2D eigenvalue weighted by Crippen LogP contribution is -2.25. The Labute approximate surface area is 174 Å². The molecule has 2 aliphatic carbocycles. The highest BCUT2D eigenvalue weighted by molar-refractivity contribution is 5.82. The number of benzene rings is 3. The van der Waals surface area contributed by atoms with Crippen LogP contribution >= 0.6 is 0 Å². The SMILES string of the molecule is CN(c1ccc2c(c1)C(C)(C)C1C=CCCC21)c1ccccc1-c1ccccc1. The number of fused-ring (bicyclic) bond motifs is 3. The van der Waals surface area contributed by atoms with E-state index in [0.29, 0.717) is 11.8 Å². The molecule has 0 spiro atoms. The van der Waals surface area contributed by atoms with Gasteiger partial charge in [-0.25, -0.2) is 0 Å². The van der Waals surface area contributed by atoms with Crippen molar-refractivity contribution in [3.05, 3.63) is 96.1 Å². The molecule has 2 unspecified atom stereocenters. The van der Waals surface area contributed by atoms with Crippen LogP contribution in [-0.2, 0) is 5.41 Å². The van der Waals surface area contributed by atoms with Crippen molar-refractivity contribution in [1.29, 1.82) is 0 Å². The first-order valence-corrected chi connectivity index (χ1v) is 10.8. The van der Waals surface area contributed by atoms with E-state index in [0.717, 1.165) is 0 Å². The van der Waals surface area contributed by atoms with Gasteiger partial charge in [0.1, 0.15) is 0 Å². The van der Waals surface area contributed by atoms with Gasteiger partial charge in [-0.3, -0.25) is 0 Å². The monoisotopic (exact) mass is 379 g/mol. The minimum absolute atomic E-state index is 0.187. The predicted molar refractivity (Wildman–Crippen MR) is 124 cm³/mol. The second kappa shape index (κ2) is 6.91. The van der Waals surface area contributed by atoms with Crippen LogP contribution in [0.3, 0.4) is 0 Å². The average molecular weight is 380 g/mol. The third-order valence-corrected chi connectivity index (χ3v) is 7.12. The number of hydrogen-bond acceptors (Lipinski definition) is 1. The molecule has 3 aromatic rings. The maximum Gasteiger partial charge on any atom is 0.0487 e. The van der Waals surface area contributed by atoms with Crippen LogP contribution < -0.4 is 4.90 Å². The standard InChI is InChI=1S/C28H29N/c1-28(2)25-15-9-7-14-23(25)24-18-17-21(19-26(24)28)29(3)27-16-10-8-13-22(27)20-11-5-4-6-12-20/h4-6,8-13,15-19,23,25H,7,14H2,1-3H3. The Morgan fingerprint density at radius 1 is 0.897 bits per heavy atom. The lowest BCUT2D eigenvalue weighted by atomic mass is 9.73. The zero-order chi connectivity index (χ0) is 20.0. The molecule has 0 fully saturated rings. The Morgan fingerprint density at radius 3 is 2.48 bits per heavy atom. The van der Waals surface area contributed by atoms with E-state index in [1.165, 1.54) is 40.9 Å². The number of rotatable bonds is 3. The summed E-state index contributed by atoms with van der Waals surface area (Å²) in [6.45, 7) is 4.85. The summed E-state index contributed by atoms with van der Waals surface area (Å²) in [4.78, 5) is 2.34. The molecule has 1 heteroatoms. The zero-order valence-electron chi connectivity index (χ0n) is 17.6. The quantitative estimate of drug-likeness (QED) is 0.427. The summed E-state index contributed by atoms with van der Waals surface area (Å²) in [5, 5.41) is 0. The van der Waals surface area contributed by atoms with E-state index < -0.39 is 0 Å². The van der Waals surface area contributed by atoms with Crippen LogP contribution in [0, 0.1) is 5.92 Å². The van der Waals surface area contributed by atoms with E-state index in [4.69, 9.17) is 0 Å². The molecule has 0 heterocycles. The van der Waals surface area contributed by atoms with Gasteiger partial charge in [-0.1, -0.05) is 80.6 Å². The van der Waals surface area contributed by atoms with Gasteiger partial charge in [0.25, 0.3) is 0 Å². The predicted octanol–water partition coefficient (Wildman–Crippen LogP) is 7.46. The van der Waals surface area contributed by atoms with Crippen LogP contribution in [0.4, 0.5) is 11.4 Å². The average Bonchev–Trinajstić information content (AvgIpc) is 3.01. The molecule has 2 aliphatic rings. The molecule has 0 radical (unpaired) electrons. The number of hydrogen-bond donors (Lipinski definition) is 0. The maximum atomic E-state index is 2.47. The molecule has 0 amide bonds. The van der Waals surface area contributed by atoms with Gasteiger partial charge in [0.2, 0.25) is 0 Å². The number of nitrogens with zero attached hydrogens (tertiary/aromatic N) is 1. The van der Waals surface area contributed by atoms with E-state index in [2.05, 4.69) is 111 Å². The van der Waals surface area contributed by atoms with E-state index >= 15 is 0 Å². The van der Waals surface area contributed by atoms with Crippen molar-refractivity contribution in [2.24, 2.45) is 5.92 Å². The summed E-state index contributed by atoms with van der Waals surface area (Å²) in [6.07, 6.45) is 7.35. The van der Waals surface area contributed by atoms with Crippen LogP contribution in [0.15, 0.2) is 84.9 Å². The van der Waals surface area contributed by atoms with Gasteiger partial charge in [0.15, 0.2) is 0 Å². The fraction of sp³-hybridized carbons (Fsp3) is 0.286. The summed E-state index contributed by atoms with van der Waals surface area (Å²) >= 11 is 0. The lowest BCUT2D eigenvalue weighted by molar-refractivity contribution is 0.347. The zero-order valence-corrected chi connectivity index (χ0v) is 17.6. The van der Waals surface area contributed by atoms with Gasteiger partial charge < -0.3 is 4.90 Å². The molecule has 146 valence electrons. The summed E-state index contributed by atoms with van der Waals surface area (Å²) in [5.41, 5.74) is 8.32. The first kappa shape index (κ1) is 18.2. The number of anilines is 2. The van der Waals surface area contributed by atoms with Gasteiger partial charge in [-0.2, -0.15) is 0 Å². The van der Waals surface area contributed by atoms with Gasteiger partial charge in [-0.15, -0.1) is 0 Å². The van der Waals surface area contributed by atoms with E-state index in [-0.39, 0.29) is 5.41 Å². The fourth-order valence-corrected chi connectivity index (χ4v) is 5.51. The van der Waals surface area contributed by atoms with Crippen molar-refractivity contribution >= 4 is 11.4 Å². The third kappa shape index (κ3) is 2.92. The molecule has 29 heavy (non-hydrogen) atoms. The lowest BCUT2D eigenvalue weighted by Gasteiger charge is -2.31. The van der Waals surface area contributed by atoms with Crippen LogP contribution in [0.2, 0.25) is 0 Å². The molecule has 0 aromatic heterocycles. The third-order valence-electron chi connectivity index (χ3n) is 7.12. The van der Waals surface area contributed by atoms with Crippen LogP contribution in [0.1, 0.15) is 43.7 Å². The summed E-state index contributed by atoms with van der Waals surface area (Å²) in [5.74, 6) is 1.31. The first-order chi connectivity index (χ1) is 14.1. The van der Waals surface area contributed by atoms with Crippen molar-refractivity contribution in [2.45, 2.75) is 38.0 Å². The van der Waals surface area contributed by atoms with Gasteiger partial charge >= 0.3 is 0 Å². The Morgan fingerprint density at radius 2 is 1.66 bits per heavy atom. The highest BCUT2D eigenvalue weighted by Gasteiger charge is 2.45. The van der Waals surface area contributed by atoms with Gasteiger partial charge in [0, 0.05) is 24.0 Å². The minimum Gasteiger partial charge on any atom is -0.344 e. The smallest absolute Gasteiger partial charge is 0.0487 e. The molecule has 0 aliphatic heterocycles. The molecule has 0 bridgehead atoms. The maximum absolute atomic E-state index is 2.47. The normalized spacial score (nSPS) is 21.5. The molecule has 2 atom stereocenters. The van der Waals surface area contributed by atoms with Gasteiger partial charge in [-0.05, 0) is 65.0 Å². The number of para-hydroxylation sites is 1. The van der Waals surface area contributed by atoms with E-state index in [1.807, 2.05) is 0 Å². The van der Waals surface area contributed by atoms with Crippen LogP contribution in [0.5, 0.6) is 0 Å². The highest BCUT2D eigenvalue weighted by atomic mass is 15.1. The topological polar surface area (TPSA) is 3.24 Å². The minimum atomic E-state index is 0.187. The molecule has 0 saturated carbocycles. The second-order valence-electron chi connectivity index (χ2n) is 9.07. The largest absolute Gasteiger partial charge is 0.344 e. The summed E-state index contributed by atoms with van der Waals surface area (Å²) < 4.78 is 0. The number of allylic oxidation sites excluding steroid dienone is 2. The summed E-state index contributed by atoms with van der Waals surface area (Å²) in [6, 6.07) is 26.5. The molecule has 1 nitrogen and oxygen atoms in total. The van der Waals surface area contributed by atoms with Crippen LogP contribution in [-0.4, -0.2) is 7.05 Å². The Bertz CT molecular complexity index is 1060. The van der Waals surface area contributed by atoms with Crippen molar-refractivity contribution in [1.82, 2.24) is 0 Å². The first-order valence-electron chi connectivity index (χ1n) is 10.8.